The highest BCUT2D eigenvalue weighted by atomic mass is 16.5. The van der Waals surface area contributed by atoms with Crippen LogP contribution >= 0.6 is 0 Å². The molecule has 2 spiro atoms. The molecule has 0 aromatic rings. The number of aliphatic hydroxyl groups excluding tert-OH is 1. The van der Waals surface area contributed by atoms with Crippen molar-refractivity contribution < 1.29 is 9.84 Å². The topological polar surface area (TPSA) is 29.5 Å². The van der Waals surface area contributed by atoms with Gasteiger partial charge in [0.1, 0.15) is 0 Å². The van der Waals surface area contributed by atoms with Gasteiger partial charge in [-0.05, 0) is 92.3 Å². The van der Waals surface area contributed by atoms with E-state index in [4.69, 9.17) is 4.74 Å². The summed E-state index contributed by atoms with van der Waals surface area (Å²) in [7, 11) is 0. The summed E-state index contributed by atoms with van der Waals surface area (Å²) < 4.78 is 7.38. The van der Waals surface area contributed by atoms with Crippen LogP contribution in [0.4, 0.5) is 0 Å². The second-order valence-electron chi connectivity index (χ2n) is 13.2. The maximum absolute atomic E-state index is 9.52. The average molecular weight is 417 g/mol. The number of aliphatic hydroxyl groups is 1. The first-order valence-corrected chi connectivity index (χ1v) is 13.5. The molecule has 0 aromatic heterocycles. The number of fused-ring (bicyclic) bond motifs is 2. The zero-order valence-electron chi connectivity index (χ0n) is 20.5. The Kier molecular flexibility index (Phi) is 5.23. The van der Waals surface area contributed by atoms with Gasteiger partial charge in [0.15, 0.2) is 0 Å². The molecule has 0 radical (unpaired) electrons. The first kappa shape index (κ1) is 21.7. The molecular weight excluding hydrogens is 368 g/mol. The molecule has 2 unspecified atom stereocenters. The minimum absolute atomic E-state index is 0.221. The van der Waals surface area contributed by atoms with Crippen molar-refractivity contribution in [1.29, 1.82) is 0 Å². The van der Waals surface area contributed by atoms with Gasteiger partial charge in [-0.1, -0.05) is 60.3 Å². The second-order valence-corrected chi connectivity index (χ2v) is 13.2. The highest BCUT2D eigenvalue weighted by Crippen LogP contribution is 2.77. The summed E-state index contributed by atoms with van der Waals surface area (Å²) in [6, 6.07) is 0. The van der Waals surface area contributed by atoms with Gasteiger partial charge in [-0.3, -0.25) is 0 Å². The quantitative estimate of drug-likeness (QED) is 0.505. The van der Waals surface area contributed by atoms with E-state index >= 15 is 0 Å². The molecule has 0 amide bonds. The zero-order valence-corrected chi connectivity index (χ0v) is 20.5. The first-order chi connectivity index (χ1) is 14.2. The lowest BCUT2D eigenvalue weighted by Gasteiger charge is -2.57. The Bertz CT molecular complexity index is 661. The van der Waals surface area contributed by atoms with E-state index in [0.29, 0.717) is 29.3 Å². The van der Waals surface area contributed by atoms with Crippen molar-refractivity contribution in [3.05, 3.63) is 0 Å². The summed E-state index contributed by atoms with van der Waals surface area (Å²) in [6.07, 6.45) is 16.6. The van der Waals surface area contributed by atoms with Crippen molar-refractivity contribution in [2.45, 2.75) is 123 Å². The summed E-state index contributed by atoms with van der Waals surface area (Å²) in [5.74, 6) is 4.36. The van der Waals surface area contributed by atoms with Gasteiger partial charge in [0, 0.05) is 12.0 Å². The Morgan fingerprint density at radius 1 is 0.833 bits per heavy atom. The van der Waals surface area contributed by atoms with Crippen LogP contribution in [0.3, 0.4) is 0 Å². The molecule has 172 valence electrons. The lowest BCUT2D eigenvalue weighted by Crippen LogP contribution is -2.57. The van der Waals surface area contributed by atoms with Gasteiger partial charge in [0.2, 0.25) is 0 Å². The largest absolute Gasteiger partial charge is 0.396 e. The average Bonchev–Trinajstić information content (AvgIpc) is 3.35. The van der Waals surface area contributed by atoms with Crippen LogP contribution in [-0.2, 0) is 4.74 Å². The fourth-order valence-electron chi connectivity index (χ4n) is 10.2. The molecular formula is C28H48O2. The van der Waals surface area contributed by atoms with Gasteiger partial charge in [-0.25, -0.2) is 0 Å². The van der Waals surface area contributed by atoms with Gasteiger partial charge in [-0.2, -0.15) is 0 Å². The van der Waals surface area contributed by atoms with Gasteiger partial charge in [-0.15, -0.1) is 0 Å². The van der Waals surface area contributed by atoms with Crippen molar-refractivity contribution in [2.75, 3.05) is 6.61 Å². The second kappa shape index (κ2) is 7.21. The highest BCUT2D eigenvalue weighted by molar-refractivity contribution is 5.26. The van der Waals surface area contributed by atoms with Crippen molar-refractivity contribution in [3.8, 4) is 0 Å². The number of ether oxygens (including phenoxy) is 1. The molecule has 0 aromatic carbocycles. The molecule has 10 atom stereocenters. The third-order valence-corrected chi connectivity index (χ3v) is 12.2. The Morgan fingerprint density at radius 2 is 1.60 bits per heavy atom. The predicted octanol–water partition coefficient (Wildman–Crippen LogP) is 6.99. The van der Waals surface area contributed by atoms with E-state index in [0.717, 1.165) is 23.7 Å². The fraction of sp³-hybridized carbons (Fsp3) is 1.00. The van der Waals surface area contributed by atoms with E-state index in [-0.39, 0.29) is 11.2 Å². The summed E-state index contributed by atoms with van der Waals surface area (Å²) in [6.45, 7) is 12.7. The van der Waals surface area contributed by atoms with Crippen LogP contribution in [0, 0.1) is 46.3 Å². The normalized spacial score (nSPS) is 52.4. The molecule has 5 aliphatic rings. The smallest absolute Gasteiger partial charge is 0.0759 e. The Morgan fingerprint density at radius 3 is 2.37 bits per heavy atom. The van der Waals surface area contributed by atoms with Gasteiger partial charge >= 0.3 is 0 Å². The molecule has 30 heavy (non-hydrogen) atoms. The highest BCUT2D eigenvalue weighted by Gasteiger charge is 2.77. The van der Waals surface area contributed by atoms with Crippen molar-refractivity contribution in [3.63, 3.8) is 0 Å². The molecule has 5 rings (SSSR count). The Balaban J connectivity index is 1.35. The summed E-state index contributed by atoms with van der Waals surface area (Å²) in [4.78, 5) is 0. The maximum Gasteiger partial charge on any atom is 0.0759 e. The van der Waals surface area contributed by atoms with Crippen LogP contribution in [-0.4, -0.2) is 22.9 Å². The van der Waals surface area contributed by atoms with Crippen LogP contribution in [0.15, 0.2) is 0 Å². The molecule has 2 aliphatic heterocycles. The number of rotatable bonds is 6. The minimum atomic E-state index is 0.221. The Labute approximate surface area is 185 Å². The van der Waals surface area contributed by atoms with Gasteiger partial charge < -0.3 is 9.84 Å². The SMILES string of the molecule is CC(CO)[C@@H](C)CC[C@@H](C)[C@H]1CC[C@@H]2[C@]1(C)CC[C@H]1[C@@]23CCC2(CCCC[C@]12C)O3. The van der Waals surface area contributed by atoms with E-state index in [2.05, 4.69) is 34.6 Å². The van der Waals surface area contributed by atoms with Crippen molar-refractivity contribution in [2.24, 2.45) is 46.3 Å². The predicted molar refractivity (Wildman–Crippen MR) is 123 cm³/mol. The maximum atomic E-state index is 9.52. The molecule has 2 bridgehead atoms. The number of hydrogen-bond acceptors (Lipinski definition) is 2. The molecule has 5 fully saturated rings. The first-order valence-electron chi connectivity index (χ1n) is 13.5. The van der Waals surface area contributed by atoms with Crippen LogP contribution in [0.1, 0.15) is 112 Å². The fourth-order valence-corrected chi connectivity index (χ4v) is 10.2. The molecule has 2 saturated heterocycles. The molecule has 2 heteroatoms. The monoisotopic (exact) mass is 416 g/mol. The van der Waals surface area contributed by atoms with E-state index in [1.54, 1.807) is 0 Å². The van der Waals surface area contributed by atoms with Crippen LogP contribution in [0.25, 0.3) is 0 Å². The summed E-state index contributed by atoms with van der Waals surface area (Å²) in [5.41, 5.74) is 1.40. The lowest BCUT2D eigenvalue weighted by atomic mass is 9.44. The molecule has 2 heterocycles. The van der Waals surface area contributed by atoms with Crippen LogP contribution in [0.5, 0.6) is 0 Å². The van der Waals surface area contributed by atoms with E-state index < -0.39 is 0 Å². The lowest BCUT2D eigenvalue weighted by molar-refractivity contribution is -0.148. The standard InChI is InChI=1S/C28H48O2/c1-19(21(3)18-29)8-9-20(2)22-10-11-23-25(22,4)15-12-24-26(5)13-6-7-14-27(26)16-17-28(23,24)30-27/h19-24,29H,6-18H2,1-5H3/t19-,20+,21?,22+,23+,24+,25+,26+,27?,28+/m0/s1. The van der Waals surface area contributed by atoms with Crippen LogP contribution < -0.4 is 0 Å². The number of hydrogen-bond donors (Lipinski definition) is 1. The zero-order chi connectivity index (χ0) is 21.4. The van der Waals surface area contributed by atoms with Crippen LogP contribution in [0.2, 0.25) is 0 Å². The third-order valence-electron chi connectivity index (χ3n) is 12.2. The summed E-state index contributed by atoms with van der Waals surface area (Å²) >= 11 is 0. The van der Waals surface area contributed by atoms with Crippen molar-refractivity contribution in [1.82, 2.24) is 0 Å². The third kappa shape index (κ3) is 2.68. The van der Waals surface area contributed by atoms with Gasteiger partial charge in [0.05, 0.1) is 11.2 Å². The van der Waals surface area contributed by atoms with Gasteiger partial charge in [0.25, 0.3) is 0 Å². The van der Waals surface area contributed by atoms with E-state index in [1.165, 1.54) is 77.0 Å². The van der Waals surface area contributed by atoms with E-state index in [1.807, 2.05) is 0 Å². The summed E-state index contributed by atoms with van der Waals surface area (Å²) in [5, 5.41) is 9.52. The van der Waals surface area contributed by atoms with E-state index in [9.17, 15) is 5.11 Å². The molecule has 2 nitrogen and oxygen atoms in total. The van der Waals surface area contributed by atoms with Crippen molar-refractivity contribution >= 4 is 0 Å². The Hall–Kier alpha value is -0.0800. The minimum Gasteiger partial charge on any atom is -0.396 e. The molecule has 3 saturated carbocycles. The molecule has 1 N–H and O–H groups in total. The molecule has 3 aliphatic carbocycles.